The Morgan fingerprint density at radius 3 is 2.71 bits per heavy atom. The van der Waals surface area contributed by atoms with Crippen LogP contribution in [0.15, 0.2) is 30.3 Å². The van der Waals surface area contributed by atoms with Gasteiger partial charge in [0.2, 0.25) is 5.95 Å². The Kier molecular flexibility index (Phi) is 4.10. The van der Waals surface area contributed by atoms with Crippen LogP contribution in [0.1, 0.15) is 48.4 Å². The van der Waals surface area contributed by atoms with Gasteiger partial charge in [0.1, 0.15) is 5.82 Å². The summed E-state index contributed by atoms with van der Waals surface area (Å²) >= 11 is 0. The van der Waals surface area contributed by atoms with Crippen molar-refractivity contribution in [3.05, 3.63) is 47.2 Å². The smallest absolute Gasteiger partial charge is 0.222 e. The Bertz CT molecular complexity index is 715. The first kappa shape index (κ1) is 15.4. The first-order valence-electron chi connectivity index (χ1n) is 8.96. The van der Waals surface area contributed by atoms with Crippen LogP contribution in [0.5, 0.6) is 0 Å². The molecule has 2 heterocycles. The lowest BCUT2D eigenvalue weighted by atomic mass is 9.82. The summed E-state index contributed by atoms with van der Waals surface area (Å²) in [7, 11) is 0. The van der Waals surface area contributed by atoms with Gasteiger partial charge in [-0.05, 0) is 37.7 Å². The summed E-state index contributed by atoms with van der Waals surface area (Å²) in [4.78, 5) is 11.7. The van der Waals surface area contributed by atoms with Gasteiger partial charge in [0.25, 0.3) is 0 Å². The molecular formula is C19H25N5. The molecule has 4 rings (SSSR count). The summed E-state index contributed by atoms with van der Waals surface area (Å²) in [5, 5.41) is 0. The number of nitrogen functional groups attached to an aromatic ring is 1. The van der Waals surface area contributed by atoms with Gasteiger partial charge in [0.05, 0.1) is 5.69 Å². The number of anilines is 2. The third-order valence-electron chi connectivity index (χ3n) is 5.41. The standard InChI is InChI=1S/C19H25N5/c20-12-14-8-5-11-24(14)18-16-10-4-9-15(13-6-2-1-3-7-13)17(16)22-19(21)23-18/h1-3,6-7,14-15H,4-5,8-12,20H2,(H2,21,22,23)/t14-,15?/m0/s1. The van der Waals surface area contributed by atoms with Crippen LogP contribution in [0.4, 0.5) is 11.8 Å². The lowest BCUT2D eigenvalue weighted by Gasteiger charge is -2.32. The highest BCUT2D eigenvalue weighted by atomic mass is 15.3. The molecule has 0 saturated carbocycles. The first-order valence-corrected chi connectivity index (χ1v) is 8.96. The minimum Gasteiger partial charge on any atom is -0.368 e. The van der Waals surface area contributed by atoms with Crippen LogP contribution in [0, 0.1) is 0 Å². The molecule has 1 fully saturated rings. The predicted octanol–water partition coefficient (Wildman–Crippen LogP) is 2.45. The number of aromatic nitrogens is 2. The molecule has 24 heavy (non-hydrogen) atoms. The monoisotopic (exact) mass is 323 g/mol. The minimum absolute atomic E-state index is 0.318. The van der Waals surface area contributed by atoms with Gasteiger partial charge in [0, 0.05) is 30.6 Å². The summed E-state index contributed by atoms with van der Waals surface area (Å²) < 4.78 is 0. The van der Waals surface area contributed by atoms with Gasteiger partial charge in [-0.1, -0.05) is 30.3 Å². The van der Waals surface area contributed by atoms with E-state index in [-0.39, 0.29) is 0 Å². The normalized spacial score (nSPS) is 23.3. The maximum absolute atomic E-state index is 6.10. The zero-order valence-corrected chi connectivity index (χ0v) is 14.0. The maximum Gasteiger partial charge on any atom is 0.222 e. The number of fused-ring (bicyclic) bond motifs is 1. The summed E-state index contributed by atoms with van der Waals surface area (Å²) in [6, 6.07) is 11.0. The highest BCUT2D eigenvalue weighted by molar-refractivity contribution is 5.56. The van der Waals surface area contributed by atoms with Crippen LogP contribution in [-0.4, -0.2) is 29.1 Å². The Balaban J connectivity index is 1.80. The fourth-order valence-corrected chi connectivity index (χ4v) is 4.26. The zero-order chi connectivity index (χ0) is 16.5. The van der Waals surface area contributed by atoms with Gasteiger partial charge in [-0.2, -0.15) is 4.98 Å². The Morgan fingerprint density at radius 2 is 1.92 bits per heavy atom. The van der Waals surface area contributed by atoms with E-state index in [0.29, 0.717) is 24.5 Å². The second-order valence-electron chi connectivity index (χ2n) is 6.85. The molecule has 5 nitrogen and oxygen atoms in total. The average Bonchev–Trinajstić information content (AvgIpc) is 3.10. The summed E-state index contributed by atoms with van der Waals surface area (Å²) in [6.07, 6.45) is 5.61. The molecule has 0 spiro atoms. The predicted molar refractivity (Wildman–Crippen MR) is 97.1 cm³/mol. The van der Waals surface area contributed by atoms with Gasteiger partial charge in [0.15, 0.2) is 0 Å². The molecule has 1 aliphatic carbocycles. The number of hydrogen-bond acceptors (Lipinski definition) is 5. The highest BCUT2D eigenvalue weighted by Gasteiger charge is 2.32. The van der Waals surface area contributed by atoms with E-state index in [0.717, 1.165) is 43.7 Å². The maximum atomic E-state index is 6.10. The van der Waals surface area contributed by atoms with Crippen molar-refractivity contribution in [2.75, 3.05) is 23.7 Å². The number of hydrogen-bond donors (Lipinski definition) is 2. The van der Waals surface area contributed by atoms with Crippen molar-refractivity contribution in [2.45, 2.75) is 44.1 Å². The lowest BCUT2D eigenvalue weighted by molar-refractivity contribution is 0.589. The molecule has 0 bridgehead atoms. The van der Waals surface area contributed by atoms with Crippen LogP contribution in [0.3, 0.4) is 0 Å². The number of nitrogens with two attached hydrogens (primary N) is 2. The van der Waals surface area contributed by atoms with Gasteiger partial charge in [-0.3, -0.25) is 0 Å². The molecule has 0 amide bonds. The van der Waals surface area contributed by atoms with Gasteiger partial charge in [-0.25, -0.2) is 4.98 Å². The van der Waals surface area contributed by atoms with E-state index in [1.165, 1.54) is 17.5 Å². The van der Waals surface area contributed by atoms with Crippen molar-refractivity contribution >= 4 is 11.8 Å². The molecule has 1 aliphatic heterocycles. The third-order valence-corrected chi connectivity index (χ3v) is 5.41. The summed E-state index contributed by atoms with van der Waals surface area (Å²) in [5.41, 5.74) is 15.8. The Morgan fingerprint density at radius 1 is 1.08 bits per heavy atom. The molecule has 5 heteroatoms. The Labute approximate surface area is 143 Å². The highest BCUT2D eigenvalue weighted by Crippen LogP contribution is 2.40. The van der Waals surface area contributed by atoms with Crippen molar-refractivity contribution in [1.82, 2.24) is 9.97 Å². The van der Waals surface area contributed by atoms with Crippen LogP contribution in [0.2, 0.25) is 0 Å². The van der Waals surface area contributed by atoms with E-state index in [2.05, 4.69) is 45.2 Å². The summed E-state index contributed by atoms with van der Waals surface area (Å²) in [6.45, 7) is 1.68. The van der Waals surface area contributed by atoms with E-state index < -0.39 is 0 Å². The van der Waals surface area contributed by atoms with Crippen molar-refractivity contribution < 1.29 is 0 Å². The van der Waals surface area contributed by atoms with Crippen molar-refractivity contribution in [3.8, 4) is 0 Å². The van der Waals surface area contributed by atoms with E-state index in [4.69, 9.17) is 11.5 Å². The van der Waals surface area contributed by atoms with Gasteiger partial charge in [-0.15, -0.1) is 0 Å². The summed E-state index contributed by atoms with van der Waals surface area (Å²) in [5.74, 6) is 1.73. The largest absolute Gasteiger partial charge is 0.368 e. The third kappa shape index (κ3) is 2.63. The molecule has 2 atom stereocenters. The molecular weight excluding hydrogens is 298 g/mol. The number of nitrogens with zero attached hydrogens (tertiary/aromatic N) is 3. The second kappa shape index (κ2) is 6.40. The van der Waals surface area contributed by atoms with Crippen LogP contribution >= 0.6 is 0 Å². The molecule has 0 radical (unpaired) electrons. The lowest BCUT2D eigenvalue weighted by Crippen LogP contribution is -2.37. The molecule has 1 unspecified atom stereocenters. The zero-order valence-electron chi connectivity index (χ0n) is 14.0. The van der Waals surface area contributed by atoms with E-state index in [1.54, 1.807) is 0 Å². The topological polar surface area (TPSA) is 81.1 Å². The van der Waals surface area contributed by atoms with Crippen molar-refractivity contribution in [3.63, 3.8) is 0 Å². The minimum atomic E-state index is 0.318. The van der Waals surface area contributed by atoms with Gasteiger partial charge < -0.3 is 16.4 Å². The molecule has 4 N–H and O–H groups in total. The number of benzene rings is 1. The van der Waals surface area contributed by atoms with E-state index >= 15 is 0 Å². The average molecular weight is 323 g/mol. The molecule has 1 aromatic heterocycles. The molecule has 2 aromatic rings. The van der Waals surface area contributed by atoms with Crippen LogP contribution in [-0.2, 0) is 6.42 Å². The number of rotatable bonds is 3. The second-order valence-corrected chi connectivity index (χ2v) is 6.85. The molecule has 2 aliphatic rings. The molecule has 1 aromatic carbocycles. The SMILES string of the molecule is NC[C@@H]1CCCN1c1nc(N)nc2c1CCCC2c1ccccc1. The Hall–Kier alpha value is -2.14. The van der Waals surface area contributed by atoms with Crippen LogP contribution < -0.4 is 16.4 Å². The van der Waals surface area contributed by atoms with Crippen molar-refractivity contribution in [2.24, 2.45) is 5.73 Å². The molecule has 1 saturated heterocycles. The van der Waals surface area contributed by atoms with Crippen LogP contribution in [0.25, 0.3) is 0 Å². The quantitative estimate of drug-likeness (QED) is 0.907. The first-order chi connectivity index (χ1) is 11.8. The van der Waals surface area contributed by atoms with Crippen molar-refractivity contribution in [1.29, 1.82) is 0 Å². The molecule has 126 valence electrons. The van der Waals surface area contributed by atoms with Gasteiger partial charge >= 0.3 is 0 Å². The fraction of sp³-hybridized carbons (Fsp3) is 0.474. The fourth-order valence-electron chi connectivity index (χ4n) is 4.26. The van der Waals surface area contributed by atoms with E-state index in [1.807, 2.05) is 0 Å². The van der Waals surface area contributed by atoms with E-state index in [9.17, 15) is 0 Å².